The molecule has 0 saturated heterocycles. The highest BCUT2D eigenvalue weighted by atomic mass is 28.4. The molecule has 0 aromatic rings. The van der Waals surface area contributed by atoms with Crippen LogP contribution in [-0.2, 0) is 4.43 Å². The first-order chi connectivity index (χ1) is 11.7. The van der Waals surface area contributed by atoms with Crippen LogP contribution in [-0.4, -0.2) is 62.9 Å². The van der Waals surface area contributed by atoms with E-state index in [0.29, 0.717) is 13.2 Å². The Hall–Kier alpha value is 0.0569. The zero-order valence-corrected chi connectivity index (χ0v) is 18.6. The zero-order chi connectivity index (χ0) is 19.2. The van der Waals surface area contributed by atoms with Gasteiger partial charge in [-0.05, 0) is 76.3 Å². The third-order valence-corrected chi connectivity index (χ3v) is 9.94. The molecule has 0 saturated carbocycles. The number of rotatable bonds is 16. The molecule has 152 valence electrons. The number of hydrogen-bond acceptors (Lipinski definition) is 4. The number of aliphatic hydroxyl groups is 2. The van der Waals surface area contributed by atoms with Crippen molar-refractivity contribution in [2.45, 2.75) is 90.3 Å². The fraction of sp³-hybridized carbons (Fsp3) is 1.00. The molecule has 2 N–H and O–H groups in total. The Morgan fingerprint density at radius 2 is 1.16 bits per heavy atom. The van der Waals surface area contributed by atoms with E-state index in [9.17, 15) is 0 Å². The molecule has 0 aliphatic rings. The number of unbranched alkanes of at least 4 members (excludes halogenated alkanes) is 5. The topological polar surface area (TPSA) is 52.9 Å². The van der Waals surface area contributed by atoms with Crippen LogP contribution in [0.1, 0.15) is 72.1 Å². The van der Waals surface area contributed by atoms with Crippen molar-refractivity contribution in [2.24, 2.45) is 0 Å². The predicted molar refractivity (Wildman–Crippen MR) is 111 cm³/mol. The monoisotopic (exact) mass is 375 g/mol. The molecule has 0 spiro atoms. The lowest BCUT2D eigenvalue weighted by Crippen LogP contribution is -2.41. The molecular formula is C20H45NO3Si. The Labute approximate surface area is 158 Å². The summed E-state index contributed by atoms with van der Waals surface area (Å²) in [6.45, 7) is 16.4. The molecule has 0 unspecified atom stereocenters. The first kappa shape index (κ1) is 25.1. The van der Waals surface area contributed by atoms with Gasteiger partial charge in [0.1, 0.15) is 0 Å². The summed E-state index contributed by atoms with van der Waals surface area (Å²) < 4.78 is 6.26. The number of aliphatic hydroxyl groups excluding tert-OH is 2. The zero-order valence-electron chi connectivity index (χ0n) is 17.6. The van der Waals surface area contributed by atoms with Crippen LogP contribution in [0.5, 0.6) is 0 Å². The van der Waals surface area contributed by atoms with Gasteiger partial charge in [-0.2, -0.15) is 0 Å². The van der Waals surface area contributed by atoms with Crippen LogP contribution in [0, 0.1) is 0 Å². The Balaban J connectivity index is 3.99. The highest BCUT2D eigenvalue weighted by Gasteiger charge is 2.36. The van der Waals surface area contributed by atoms with Gasteiger partial charge in [0, 0.05) is 19.8 Å². The molecule has 25 heavy (non-hydrogen) atoms. The molecule has 0 atom stereocenters. The van der Waals surface area contributed by atoms with Gasteiger partial charge in [-0.15, -0.1) is 0 Å². The maximum Gasteiger partial charge on any atom is 0.191 e. The van der Waals surface area contributed by atoms with Gasteiger partial charge in [0.05, 0.1) is 0 Å². The Bertz CT molecular complexity index is 306. The van der Waals surface area contributed by atoms with Crippen molar-refractivity contribution in [2.75, 3.05) is 39.5 Å². The summed E-state index contributed by atoms with van der Waals surface area (Å²) in [7, 11) is -1.60. The van der Waals surface area contributed by atoms with Gasteiger partial charge in [-0.25, -0.2) is 0 Å². The van der Waals surface area contributed by atoms with E-state index in [-0.39, 0.29) is 5.04 Å². The molecule has 0 rings (SSSR count). The summed E-state index contributed by atoms with van der Waals surface area (Å²) in [5.41, 5.74) is 0. The van der Waals surface area contributed by atoms with E-state index in [4.69, 9.17) is 14.6 Å². The van der Waals surface area contributed by atoms with Gasteiger partial charge in [0.25, 0.3) is 0 Å². The van der Waals surface area contributed by atoms with E-state index in [1.807, 2.05) is 0 Å². The van der Waals surface area contributed by atoms with Crippen molar-refractivity contribution in [3.05, 3.63) is 0 Å². The van der Waals surface area contributed by atoms with E-state index < -0.39 is 8.32 Å². The number of nitrogens with zero attached hydrogens (tertiary/aromatic N) is 1. The summed E-state index contributed by atoms with van der Waals surface area (Å²) in [6.07, 6.45) is 8.75. The van der Waals surface area contributed by atoms with E-state index >= 15 is 0 Å². The summed E-state index contributed by atoms with van der Waals surface area (Å²) in [4.78, 5) is 2.54. The summed E-state index contributed by atoms with van der Waals surface area (Å²) >= 11 is 0. The second-order valence-corrected chi connectivity index (χ2v) is 13.5. The Morgan fingerprint density at radius 3 is 1.68 bits per heavy atom. The normalized spacial score (nSPS) is 13.0. The molecule has 0 amide bonds. The second kappa shape index (κ2) is 14.2. The maximum absolute atomic E-state index is 8.99. The highest BCUT2D eigenvalue weighted by molar-refractivity contribution is 6.74. The smallest absolute Gasteiger partial charge is 0.191 e. The first-order valence-electron chi connectivity index (χ1n) is 10.3. The fourth-order valence-electron chi connectivity index (χ4n) is 2.56. The average molecular weight is 376 g/mol. The van der Waals surface area contributed by atoms with Gasteiger partial charge in [0.15, 0.2) is 8.32 Å². The minimum atomic E-state index is -1.60. The van der Waals surface area contributed by atoms with Crippen LogP contribution < -0.4 is 0 Å². The Kier molecular flexibility index (Phi) is 14.2. The van der Waals surface area contributed by atoms with Crippen LogP contribution >= 0.6 is 0 Å². The van der Waals surface area contributed by atoms with Crippen molar-refractivity contribution in [3.8, 4) is 0 Å². The molecule has 0 aromatic heterocycles. The van der Waals surface area contributed by atoms with Gasteiger partial charge < -0.3 is 19.5 Å². The predicted octanol–water partition coefficient (Wildman–Crippen LogP) is 4.42. The Morgan fingerprint density at radius 1 is 0.720 bits per heavy atom. The molecule has 0 radical (unpaired) electrons. The first-order valence-corrected chi connectivity index (χ1v) is 13.2. The minimum absolute atomic E-state index is 0.290. The molecule has 4 nitrogen and oxygen atoms in total. The third kappa shape index (κ3) is 13.0. The van der Waals surface area contributed by atoms with E-state index in [1.165, 1.54) is 19.3 Å². The second-order valence-electron chi connectivity index (χ2n) is 8.73. The molecular weight excluding hydrogens is 330 g/mol. The molecule has 0 aliphatic heterocycles. The van der Waals surface area contributed by atoms with Crippen LogP contribution in [0.15, 0.2) is 0 Å². The van der Waals surface area contributed by atoms with Crippen molar-refractivity contribution in [1.82, 2.24) is 4.90 Å². The van der Waals surface area contributed by atoms with Crippen LogP contribution in [0.25, 0.3) is 0 Å². The van der Waals surface area contributed by atoms with E-state index in [2.05, 4.69) is 38.8 Å². The molecule has 0 aliphatic carbocycles. The van der Waals surface area contributed by atoms with Crippen LogP contribution in [0.2, 0.25) is 18.1 Å². The molecule has 0 aromatic carbocycles. The lowest BCUT2D eigenvalue weighted by atomic mass is 10.2. The quantitative estimate of drug-likeness (QED) is 0.310. The fourth-order valence-corrected chi connectivity index (χ4v) is 3.65. The van der Waals surface area contributed by atoms with Crippen molar-refractivity contribution >= 4 is 8.32 Å². The van der Waals surface area contributed by atoms with Crippen molar-refractivity contribution in [3.63, 3.8) is 0 Å². The average Bonchev–Trinajstić information content (AvgIpc) is 2.52. The summed E-state index contributed by atoms with van der Waals surface area (Å²) in [5.74, 6) is 0. The van der Waals surface area contributed by atoms with Crippen molar-refractivity contribution in [1.29, 1.82) is 0 Å². The summed E-state index contributed by atoms with van der Waals surface area (Å²) in [6, 6.07) is 0. The van der Waals surface area contributed by atoms with Crippen molar-refractivity contribution < 1.29 is 14.6 Å². The molecule has 0 fully saturated rings. The molecule has 5 heteroatoms. The lowest BCUT2D eigenvalue weighted by molar-refractivity contribution is 0.222. The summed E-state index contributed by atoms with van der Waals surface area (Å²) in [5, 5.41) is 18.1. The highest BCUT2D eigenvalue weighted by Crippen LogP contribution is 2.36. The van der Waals surface area contributed by atoms with E-state index in [0.717, 1.165) is 58.3 Å². The molecule has 0 heterocycles. The maximum atomic E-state index is 8.99. The third-order valence-electron chi connectivity index (χ3n) is 5.40. The van der Waals surface area contributed by atoms with Gasteiger partial charge in [0.2, 0.25) is 0 Å². The van der Waals surface area contributed by atoms with Gasteiger partial charge in [-0.3, -0.25) is 0 Å². The number of hydrogen-bond donors (Lipinski definition) is 2. The van der Waals surface area contributed by atoms with Crippen LogP contribution in [0.3, 0.4) is 0 Å². The lowest BCUT2D eigenvalue weighted by Gasteiger charge is -2.36. The van der Waals surface area contributed by atoms with Crippen LogP contribution in [0.4, 0.5) is 0 Å². The van der Waals surface area contributed by atoms with Gasteiger partial charge >= 0.3 is 0 Å². The standard InChI is InChI=1S/C20H45NO3Si/c1-20(2,3)25(4,5)24-19-13-10-16-21(15-9-12-18-23)14-8-6-7-11-17-22/h22-23H,6-19H2,1-5H3. The van der Waals surface area contributed by atoms with E-state index in [1.54, 1.807) is 0 Å². The SMILES string of the molecule is CC(C)(C)[Si](C)(C)OCCCCN(CCCCO)CCCCCCO. The minimum Gasteiger partial charge on any atom is -0.417 e. The largest absolute Gasteiger partial charge is 0.417 e. The molecule has 0 bridgehead atoms. The van der Waals surface area contributed by atoms with Gasteiger partial charge in [-0.1, -0.05) is 33.6 Å².